The summed E-state index contributed by atoms with van der Waals surface area (Å²) in [5.74, 6) is 0.757. The van der Waals surface area contributed by atoms with Gasteiger partial charge in [-0.15, -0.1) is 0 Å². The van der Waals surface area contributed by atoms with Crippen molar-refractivity contribution in [3.05, 3.63) is 76.9 Å². The van der Waals surface area contributed by atoms with Gasteiger partial charge in [0.25, 0.3) is 5.89 Å². The van der Waals surface area contributed by atoms with Crippen molar-refractivity contribution in [1.82, 2.24) is 14.7 Å². The lowest BCUT2D eigenvalue weighted by atomic mass is 10.1. The van der Waals surface area contributed by atoms with Crippen molar-refractivity contribution in [3.63, 3.8) is 0 Å². The van der Waals surface area contributed by atoms with Crippen molar-refractivity contribution in [2.24, 2.45) is 0 Å². The molecular weight excluding hydrogens is 432 g/mol. The second-order valence-electron chi connectivity index (χ2n) is 6.51. The molecule has 0 radical (unpaired) electrons. The van der Waals surface area contributed by atoms with Crippen LogP contribution in [-0.2, 0) is 17.8 Å². The predicted molar refractivity (Wildman–Crippen MR) is 115 cm³/mol. The highest BCUT2D eigenvalue weighted by Crippen LogP contribution is 2.24. The highest BCUT2D eigenvalue weighted by atomic mass is 79.9. The predicted octanol–water partition coefficient (Wildman–Crippen LogP) is 5.17. The van der Waals surface area contributed by atoms with E-state index < -0.39 is 0 Å². The summed E-state index contributed by atoms with van der Waals surface area (Å²) in [7, 11) is 0. The topological polar surface area (TPSA) is 73.0 Å². The highest BCUT2D eigenvalue weighted by molar-refractivity contribution is 9.10. The van der Waals surface area contributed by atoms with Crippen LogP contribution in [0.3, 0.4) is 0 Å². The number of aromatic nitrogens is 3. The molecule has 0 spiro atoms. The SMILES string of the molecule is CCc1ccccc1NC(=O)Cn1cccc1-c1nc(-c2ccc(Br)cc2)no1. The molecule has 0 atom stereocenters. The lowest BCUT2D eigenvalue weighted by molar-refractivity contribution is -0.116. The minimum Gasteiger partial charge on any atom is -0.334 e. The number of aryl methyl sites for hydroxylation is 1. The van der Waals surface area contributed by atoms with Crippen LogP contribution in [0.2, 0.25) is 0 Å². The van der Waals surface area contributed by atoms with Gasteiger partial charge in [-0.25, -0.2) is 0 Å². The van der Waals surface area contributed by atoms with Gasteiger partial charge < -0.3 is 14.4 Å². The van der Waals surface area contributed by atoms with Crippen LogP contribution in [0.15, 0.2) is 75.9 Å². The highest BCUT2D eigenvalue weighted by Gasteiger charge is 2.16. The lowest BCUT2D eigenvalue weighted by Crippen LogP contribution is -2.19. The number of rotatable bonds is 6. The molecule has 6 nitrogen and oxygen atoms in total. The fourth-order valence-electron chi connectivity index (χ4n) is 3.08. The first kappa shape index (κ1) is 19.1. The molecule has 0 fully saturated rings. The Labute approximate surface area is 176 Å². The zero-order valence-corrected chi connectivity index (χ0v) is 17.4. The van der Waals surface area contributed by atoms with E-state index in [4.69, 9.17) is 4.52 Å². The van der Waals surface area contributed by atoms with Crippen LogP contribution in [-0.4, -0.2) is 20.6 Å². The van der Waals surface area contributed by atoms with Crippen LogP contribution in [0.1, 0.15) is 12.5 Å². The maximum absolute atomic E-state index is 12.6. The largest absolute Gasteiger partial charge is 0.334 e. The molecule has 4 aromatic rings. The van der Waals surface area contributed by atoms with Crippen LogP contribution in [0, 0.1) is 0 Å². The number of carbonyl (C=O) groups excluding carboxylic acids is 1. The van der Waals surface area contributed by atoms with Gasteiger partial charge in [0.15, 0.2) is 0 Å². The number of anilines is 1. The standard InChI is InChI=1S/C22H19BrN4O2/c1-2-15-6-3-4-7-18(15)24-20(28)14-27-13-5-8-19(27)22-25-21(26-29-22)16-9-11-17(23)12-10-16/h3-13H,2,14H2,1H3,(H,24,28). The van der Waals surface area contributed by atoms with Crippen LogP contribution in [0.5, 0.6) is 0 Å². The van der Waals surface area contributed by atoms with Gasteiger partial charge in [0.05, 0.1) is 0 Å². The van der Waals surface area contributed by atoms with E-state index in [0.717, 1.165) is 27.7 Å². The Balaban J connectivity index is 1.52. The van der Waals surface area contributed by atoms with Gasteiger partial charge in [0, 0.05) is 21.9 Å². The summed E-state index contributed by atoms with van der Waals surface area (Å²) in [6, 6.07) is 19.2. The molecule has 146 valence electrons. The molecule has 29 heavy (non-hydrogen) atoms. The molecule has 0 saturated heterocycles. The summed E-state index contributed by atoms with van der Waals surface area (Å²) in [4.78, 5) is 17.1. The van der Waals surface area contributed by atoms with Crippen molar-refractivity contribution in [2.45, 2.75) is 19.9 Å². The maximum Gasteiger partial charge on any atom is 0.274 e. The minimum atomic E-state index is -0.115. The number of nitrogens with zero attached hydrogens (tertiary/aromatic N) is 3. The molecule has 0 bridgehead atoms. The zero-order chi connectivity index (χ0) is 20.2. The molecule has 1 amide bonds. The first-order valence-electron chi connectivity index (χ1n) is 9.27. The number of halogens is 1. The van der Waals surface area contributed by atoms with Crippen LogP contribution >= 0.6 is 15.9 Å². The Morgan fingerprint density at radius 1 is 1.10 bits per heavy atom. The molecule has 0 unspecified atom stereocenters. The summed E-state index contributed by atoms with van der Waals surface area (Å²) in [5, 5.41) is 7.05. The molecule has 2 heterocycles. The lowest BCUT2D eigenvalue weighted by Gasteiger charge is -2.11. The number of hydrogen-bond donors (Lipinski definition) is 1. The van der Waals surface area contributed by atoms with E-state index in [0.29, 0.717) is 17.4 Å². The molecule has 0 saturated carbocycles. The third-order valence-corrected chi connectivity index (χ3v) is 5.09. The van der Waals surface area contributed by atoms with Crippen LogP contribution < -0.4 is 5.32 Å². The van der Waals surface area contributed by atoms with E-state index in [1.54, 1.807) is 4.57 Å². The third-order valence-electron chi connectivity index (χ3n) is 4.56. The van der Waals surface area contributed by atoms with Crippen molar-refractivity contribution >= 4 is 27.5 Å². The quantitative estimate of drug-likeness (QED) is 0.439. The first-order valence-corrected chi connectivity index (χ1v) is 10.1. The molecule has 0 aliphatic heterocycles. The average Bonchev–Trinajstić information content (AvgIpc) is 3.38. The molecular formula is C22H19BrN4O2. The minimum absolute atomic E-state index is 0.115. The van der Waals surface area contributed by atoms with E-state index >= 15 is 0 Å². The first-order chi connectivity index (χ1) is 14.1. The Morgan fingerprint density at radius 3 is 2.69 bits per heavy atom. The molecule has 2 aromatic carbocycles. The second kappa shape index (κ2) is 8.45. The fourth-order valence-corrected chi connectivity index (χ4v) is 3.35. The van der Waals surface area contributed by atoms with Crippen molar-refractivity contribution < 1.29 is 9.32 Å². The number of nitrogens with one attached hydrogen (secondary N) is 1. The van der Waals surface area contributed by atoms with E-state index in [9.17, 15) is 4.79 Å². The second-order valence-corrected chi connectivity index (χ2v) is 7.43. The number of benzene rings is 2. The molecule has 7 heteroatoms. The summed E-state index contributed by atoms with van der Waals surface area (Å²) < 4.78 is 8.22. The average molecular weight is 451 g/mol. The smallest absolute Gasteiger partial charge is 0.274 e. The van der Waals surface area contributed by atoms with Gasteiger partial charge in [-0.1, -0.05) is 46.2 Å². The third kappa shape index (κ3) is 4.30. The summed E-state index contributed by atoms with van der Waals surface area (Å²) >= 11 is 3.41. The van der Waals surface area contributed by atoms with Gasteiger partial charge in [0.2, 0.25) is 11.7 Å². The normalized spacial score (nSPS) is 10.8. The van der Waals surface area contributed by atoms with Crippen LogP contribution in [0.4, 0.5) is 5.69 Å². The van der Waals surface area contributed by atoms with Crippen molar-refractivity contribution in [3.8, 4) is 23.0 Å². The molecule has 1 N–H and O–H groups in total. The zero-order valence-electron chi connectivity index (χ0n) is 15.8. The summed E-state index contributed by atoms with van der Waals surface area (Å²) in [5.41, 5.74) is 3.49. The Hall–Kier alpha value is -3.19. The number of carbonyl (C=O) groups is 1. The van der Waals surface area contributed by atoms with Gasteiger partial charge >= 0.3 is 0 Å². The Kier molecular flexibility index (Phi) is 5.57. The van der Waals surface area contributed by atoms with E-state index in [1.165, 1.54) is 0 Å². The fraction of sp³-hybridized carbons (Fsp3) is 0.136. The number of amides is 1. The molecule has 2 aromatic heterocycles. The maximum atomic E-state index is 12.6. The monoisotopic (exact) mass is 450 g/mol. The Morgan fingerprint density at radius 2 is 1.90 bits per heavy atom. The number of para-hydroxylation sites is 1. The molecule has 4 rings (SSSR count). The van der Waals surface area contributed by atoms with Gasteiger partial charge in [-0.3, -0.25) is 4.79 Å². The summed E-state index contributed by atoms with van der Waals surface area (Å²) in [6.45, 7) is 2.21. The number of hydrogen-bond acceptors (Lipinski definition) is 4. The van der Waals surface area contributed by atoms with E-state index in [2.05, 4.69) is 38.3 Å². The van der Waals surface area contributed by atoms with Gasteiger partial charge in [-0.2, -0.15) is 4.98 Å². The Bertz CT molecular complexity index is 1130. The molecule has 0 aliphatic rings. The summed E-state index contributed by atoms with van der Waals surface area (Å²) in [6.07, 6.45) is 2.68. The molecule has 0 aliphatic carbocycles. The van der Waals surface area contributed by atoms with E-state index in [1.807, 2.05) is 66.9 Å². The van der Waals surface area contributed by atoms with E-state index in [-0.39, 0.29) is 12.5 Å². The van der Waals surface area contributed by atoms with Gasteiger partial charge in [-0.05, 0) is 54.4 Å². The van der Waals surface area contributed by atoms with Crippen molar-refractivity contribution in [2.75, 3.05) is 5.32 Å². The van der Waals surface area contributed by atoms with Crippen molar-refractivity contribution in [1.29, 1.82) is 0 Å². The van der Waals surface area contributed by atoms with Crippen LogP contribution in [0.25, 0.3) is 23.0 Å². The van der Waals surface area contributed by atoms with Gasteiger partial charge in [0.1, 0.15) is 12.2 Å².